The van der Waals surface area contributed by atoms with Crippen molar-refractivity contribution in [2.24, 2.45) is 16.7 Å². The fraction of sp³-hybridized carbons (Fsp3) is 0.562. The molecule has 3 saturated carbocycles. The van der Waals surface area contributed by atoms with Crippen LogP contribution in [-0.2, 0) is 15.1 Å². The SMILES string of the molecule is CC(C)N(CC1CCN(c2cnc(C(=O)N[C@H]3C(C)(C)[C@H](Oc4ccc(C#N)c(Cl)c4)C3(C)C)cn2)CC1)[C@H]1C[C@H](Oc2ccc3c(c2)C2(CC2)N(C2CCC(=O)NC2=O)C3=O)C1. The van der Waals surface area contributed by atoms with Crippen molar-refractivity contribution in [3.8, 4) is 17.6 Å². The highest BCUT2D eigenvalue weighted by Gasteiger charge is 2.64. The van der Waals surface area contributed by atoms with Gasteiger partial charge in [-0.25, -0.2) is 9.97 Å². The van der Waals surface area contributed by atoms with Gasteiger partial charge >= 0.3 is 0 Å². The summed E-state index contributed by atoms with van der Waals surface area (Å²) in [5.74, 6) is 1.60. The summed E-state index contributed by atoms with van der Waals surface area (Å²) >= 11 is 6.26. The summed E-state index contributed by atoms with van der Waals surface area (Å²) in [4.78, 5) is 67.5. The van der Waals surface area contributed by atoms with E-state index in [0.717, 1.165) is 75.3 Å². The Morgan fingerprint density at radius 3 is 2.30 bits per heavy atom. The summed E-state index contributed by atoms with van der Waals surface area (Å²) in [5, 5.41) is 15.2. The second-order valence-electron chi connectivity index (χ2n) is 20.0. The summed E-state index contributed by atoms with van der Waals surface area (Å²) in [7, 11) is 0. The Morgan fingerprint density at radius 2 is 1.68 bits per heavy atom. The number of carbonyl (C=O) groups excluding carboxylic acids is 4. The molecular formula is C48H57ClN8O6. The highest BCUT2D eigenvalue weighted by molar-refractivity contribution is 6.31. The number of amides is 4. The average Bonchev–Trinajstić information content (AvgIpc) is 4.00. The molecule has 5 fully saturated rings. The van der Waals surface area contributed by atoms with Crippen LogP contribution in [-0.4, -0.2) is 99.4 Å². The molecule has 0 bridgehead atoms. The summed E-state index contributed by atoms with van der Waals surface area (Å²) in [5.41, 5.74) is 0.973. The van der Waals surface area contributed by atoms with Crippen LogP contribution < -0.4 is 25.0 Å². The van der Waals surface area contributed by atoms with Crippen molar-refractivity contribution in [3.05, 3.63) is 76.2 Å². The minimum atomic E-state index is -0.628. The lowest BCUT2D eigenvalue weighted by molar-refractivity contribution is -0.164. The minimum absolute atomic E-state index is 0.0936. The first-order chi connectivity index (χ1) is 30.0. The topological polar surface area (TPSA) is 170 Å². The lowest BCUT2D eigenvalue weighted by Crippen LogP contribution is -2.74. The minimum Gasteiger partial charge on any atom is -0.490 e. The molecule has 14 nitrogen and oxygen atoms in total. The Hall–Kier alpha value is -5.26. The first-order valence-electron chi connectivity index (χ1n) is 22.5. The predicted octanol–water partition coefficient (Wildman–Crippen LogP) is 6.40. The molecular weight excluding hydrogens is 820 g/mol. The third-order valence-electron chi connectivity index (χ3n) is 14.9. The van der Waals surface area contributed by atoms with Crippen LogP contribution in [0.25, 0.3) is 0 Å². The van der Waals surface area contributed by atoms with Crippen molar-refractivity contribution in [1.29, 1.82) is 5.26 Å². The number of ether oxygens (including phenoxy) is 2. The maximum absolute atomic E-state index is 13.6. The molecule has 3 aromatic rings. The number of nitrogens with zero attached hydrogens (tertiary/aromatic N) is 6. The monoisotopic (exact) mass is 876 g/mol. The van der Waals surface area contributed by atoms with Crippen molar-refractivity contribution in [3.63, 3.8) is 0 Å². The second-order valence-corrected chi connectivity index (χ2v) is 20.4. The van der Waals surface area contributed by atoms with Gasteiger partial charge in [-0.3, -0.25) is 29.4 Å². The lowest BCUT2D eigenvalue weighted by atomic mass is 9.49. The summed E-state index contributed by atoms with van der Waals surface area (Å²) in [6.07, 6.45) is 9.31. The van der Waals surface area contributed by atoms with E-state index in [2.05, 4.69) is 78.0 Å². The molecule has 15 heteroatoms. The van der Waals surface area contributed by atoms with Crippen LogP contribution >= 0.6 is 11.6 Å². The number of aromatic nitrogens is 2. The molecule has 3 aliphatic heterocycles. The van der Waals surface area contributed by atoms with E-state index < -0.39 is 22.4 Å². The molecule has 3 aliphatic carbocycles. The number of anilines is 1. The van der Waals surface area contributed by atoms with Gasteiger partial charge in [-0.05, 0) is 87.8 Å². The first kappa shape index (κ1) is 43.0. The molecule has 2 N–H and O–H groups in total. The number of nitrogens with one attached hydrogen (secondary N) is 2. The van der Waals surface area contributed by atoms with Crippen molar-refractivity contribution in [1.82, 2.24) is 30.4 Å². The number of benzene rings is 2. The standard InChI is InChI=1S/C48H57ClN8O6/c1-27(2)56(30-19-33(20-30)62-31-9-10-34-35(21-31)48(15-16-48)57(43(34)61)38-11-12-40(58)53-42(38)60)26-28-13-17-55(18-14-28)39-25-51-37(24-52-39)41(59)54-44-46(3,4)45(47(44,5)6)63-32-8-7-29(23-50)36(49)22-32/h7-10,21-22,24-25,27-28,30,33,38,44-45H,11-20,26H2,1-6H3,(H,54,59)(H,53,58,60)/t30-,33-,38?,44-,45-. The van der Waals surface area contributed by atoms with Gasteiger partial charge in [0.1, 0.15) is 47.3 Å². The van der Waals surface area contributed by atoms with Gasteiger partial charge < -0.3 is 24.6 Å². The number of imide groups is 1. The quantitative estimate of drug-likeness (QED) is 0.193. The van der Waals surface area contributed by atoms with Gasteiger partial charge in [-0.2, -0.15) is 5.26 Å². The highest BCUT2D eigenvalue weighted by atomic mass is 35.5. The van der Waals surface area contributed by atoms with Gasteiger partial charge in [0.25, 0.3) is 11.8 Å². The molecule has 9 rings (SSSR count). The van der Waals surface area contributed by atoms with Crippen LogP contribution in [0.15, 0.2) is 48.8 Å². The van der Waals surface area contributed by atoms with Gasteiger partial charge in [-0.15, -0.1) is 0 Å². The Morgan fingerprint density at radius 1 is 0.984 bits per heavy atom. The molecule has 2 saturated heterocycles. The Kier molecular flexibility index (Phi) is 11.0. The van der Waals surface area contributed by atoms with Crippen molar-refractivity contribution in [2.75, 3.05) is 24.5 Å². The van der Waals surface area contributed by atoms with Crippen LogP contribution in [0.3, 0.4) is 0 Å². The third-order valence-corrected chi connectivity index (χ3v) is 15.2. The molecule has 1 aromatic heterocycles. The van der Waals surface area contributed by atoms with Crippen molar-refractivity contribution in [2.45, 2.75) is 135 Å². The number of rotatable bonds is 12. The van der Waals surface area contributed by atoms with Crippen LogP contribution in [0.4, 0.5) is 5.82 Å². The largest absolute Gasteiger partial charge is 0.490 e. The van der Waals surface area contributed by atoms with E-state index in [1.54, 1.807) is 35.5 Å². The van der Waals surface area contributed by atoms with Gasteiger partial charge in [0.05, 0.1) is 28.5 Å². The number of halogens is 1. The lowest BCUT2D eigenvalue weighted by Gasteiger charge is -2.63. The van der Waals surface area contributed by atoms with Gasteiger partial charge in [0, 0.05) is 79.5 Å². The zero-order valence-electron chi connectivity index (χ0n) is 36.9. The Balaban J connectivity index is 0.741. The smallest absolute Gasteiger partial charge is 0.271 e. The number of hydrogen-bond donors (Lipinski definition) is 2. The molecule has 4 heterocycles. The van der Waals surface area contributed by atoms with E-state index in [-0.39, 0.29) is 54.0 Å². The van der Waals surface area contributed by atoms with E-state index >= 15 is 0 Å². The van der Waals surface area contributed by atoms with Crippen LogP contribution in [0.5, 0.6) is 11.5 Å². The number of hydrogen-bond acceptors (Lipinski definition) is 11. The average molecular weight is 877 g/mol. The zero-order chi connectivity index (χ0) is 44.6. The number of carbonyl (C=O) groups is 4. The Bertz CT molecular complexity index is 2350. The van der Waals surface area contributed by atoms with Crippen molar-refractivity contribution < 1.29 is 28.7 Å². The predicted molar refractivity (Wildman–Crippen MR) is 235 cm³/mol. The van der Waals surface area contributed by atoms with Crippen LogP contribution in [0.2, 0.25) is 5.02 Å². The van der Waals surface area contributed by atoms with E-state index in [9.17, 15) is 24.4 Å². The summed E-state index contributed by atoms with van der Waals surface area (Å²) in [6.45, 7) is 15.6. The third kappa shape index (κ3) is 7.68. The Labute approximate surface area is 374 Å². The maximum Gasteiger partial charge on any atom is 0.271 e. The van der Waals surface area contributed by atoms with Gasteiger partial charge in [0.2, 0.25) is 11.8 Å². The fourth-order valence-corrected chi connectivity index (χ4v) is 11.8. The molecule has 332 valence electrons. The van der Waals surface area contributed by atoms with Crippen LogP contribution in [0, 0.1) is 28.1 Å². The second kappa shape index (κ2) is 16.1. The highest BCUT2D eigenvalue weighted by Crippen LogP contribution is 2.59. The van der Waals surface area contributed by atoms with E-state index in [4.69, 9.17) is 21.1 Å². The first-order valence-corrected chi connectivity index (χ1v) is 22.9. The maximum atomic E-state index is 13.6. The van der Waals surface area contributed by atoms with Crippen molar-refractivity contribution >= 4 is 41.0 Å². The summed E-state index contributed by atoms with van der Waals surface area (Å²) < 4.78 is 12.9. The van der Waals surface area contributed by atoms with E-state index in [0.29, 0.717) is 46.3 Å². The summed E-state index contributed by atoms with van der Waals surface area (Å²) in [6, 6.07) is 12.9. The van der Waals surface area contributed by atoms with Crippen LogP contribution in [0.1, 0.15) is 125 Å². The molecule has 4 amide bonds. The number of piperidine rings is 2. The molecule has 1 spiro atoms. The van der Waals surface area contributed by atoms with Gasteiger partial charge in [-0.1, -0.05) is 39.3 Å². The molecule has 1 atom stereocenters. The van der Waals surface area contributed by atoms with Gasteiger partial charge in [0.15, 0.2) is 0 Å². The molecule has 1 unspecified atom stereocenters. The number of fused-ring (bicyclic) bond motifs is 2. The molecule has 6 aliphatic rings. The molecule has 63 heavy (non-hydrogen) atoms. The zero-order valence-corrected chi connectivity index (χ0v) is 37.7. The van der Waals surface area contributed by atoms with E-state index in [1.165, 1.54) is 0 Å². The number of nitriles is 1. The fourth-order valence-electron chi connectivity index (χ4n) is 11.5. The molecule has 0 radical (unpaired) electrons. The normalized spacial score (nSPS) is 26.7. The van der Waals surface area contributed by atoms with E-state index in [1.807, 2.05) is 18.2 Å². The molecule has 2 aromatic carbocycles.